The number of hydrogen-bond donors (Lipinski definition) is 2. The summed E-state index contributed by atoms with van der Waals surface area (Å²) in [7, 11) is 0. The van der Waals surface area contributed by atoms with Crippen LogP contribution < -0.4 is 5.32 Å². The Balaban J connectivity index is 0.00000147. The Morgan fingerprint density at radius 3 is 2.85 bits per heavy atom. The van der Waals surface area contributed by atoms with Gasteiger partial charge >= 0.3 is 0 Å². The number of fused-ring (bicyclic) bond motifs is 3. The number of rotatable bonds is 4. The monoisotopic (exact) mass is 293 g/mol. The number of nitrogens with zero attached hydrogens (tertiary/aromatic N) is 2. The van der Waals surface area contributed by atoms with E-state index in [-0.39, 0.29) is 19.0 Å². The molecule has 0 spiro atoms. The van der Waals surface area contributed by atoms with Gasteiger partial charge in [0.15, 0.2) is 11.4 Å². The van der Waals surface area contributed by atoms with Crippen molar-refractivity contribution in [3.63, 3.8) is 0 Å². The van der Waals surface area contributed by atoms with Crippen molar-refractivity contribution in [1.29, 1.82) is 0 Å². The number of halogens is 1. The zero-order valence-corrected chi connectivity index (χ0v) is 11.9. The highest BCUT2D eigenvalue weighted by molar-refractivity contribution is 6.05. The Kier molecular flexibility index (Phi) is 4.42. The van der Waals surface area contributed by atoms with Gasteiger partial charge in [0.1, 0.15) is 16.9 Å². The lowest BCUT2D eigenvalue weighted by molar-refractivity contribution is 0.292. The zero-order valence-electron chi connectivity index (χ0n) is 11.1. The summed E-state index contributed by atoms with van der Waals surface area (Å²) in [5, 5.41) is 13.0. The Labute approximate surface area is 122 Å². The highest BCUT2D eigenvalue weighted by Crippen LogP contribution is 2.30. The number of aliphatic hydroxyl groups excluding tert-OH is 1. The second-order valence-electron chi connectivity index (χ2n) is 4.40. The largest absolute Gasteiger partial charge is 0.450 e. The summed E-state index contributed by atoms with van der Waals surface area (Å²) in [6.07, 6.45) is 0.671. The van der Waals surface area contributed by atoms with Crippen LogP contribution in [0.1, 0.15) is 12.2 Å². The average Bonchev–Trinajstić information content (AvgIpc) is 2.78. The molecular formula is C14H16ClN3O2. The van der Waals surface area contributed by atoms with E-state index in [2.05, 4.69) is 15.3 Å². The van der Waals surface area contributed by atoms with Gasteiger partial charge in [-0.1, -0.05) is 12.1 Å². The summed E-state index contributed by atoms with van der Waals surface area (Å²) in [6.45, 7) is 2.66. The molecule has 2 heterocycles. The van der Waals surface area contributed by atoms with Gasteiger partial charge in [-0.2, -0.15) is 0 Å². The van der Waals surface area contributed by atoms with E-state index in [0.717, 1.165) is 16.5 Å². The van der Waals surface area contributed by atoms with Crippen molar-refractivity contribution in [2.24, 2.45) is 0 Å². The number of aryl methyl sites for hydroxylation is 1. The summed E-state index contributed by atoms with van der Waals surface area (Å²) < 4.78 is 5.82. The highest BCUT2D eigenvalue weighted by Gasteiger charge is 2.13. The number of nitrogens with one attached hydrogen (secondary N) is 1. The van der Waals surface area contributed by atoms with E-state index < -0.39 is 0 Å². The van der Waals surface area contributed by atoms with Gasteiger partial charge in [-0.15, -0.1) is 12.4 Å². The van der Waals surface area contributed by atoms with E-state index in [1.807, 2.05) is 31.2 Å². The third kappa shape index (κ3) is 2.55. The van der Waals surface area contributed by atoms with E-state index in [0.29, 0.717) is 30.2 Å². The first-order chi connectivity index (χ1) is 9.29. The average molecular weight is 294 g/mol. The molecule has 0 aliphatic carbocycles. The van der Waals surface area contributed by atoms with Crippen LogP contribution in [0.2, 0.25) is 0 Å². The number of furan rings is 1. The Hall–Kier alpha value is -1.85. The molecule has 5 nitrogen and oxygen atoms in total. The molecule has 1 aromatic carbocycles. The van der Waals surface area contributed by atoms with Crippen LogP contribution in [-0.2, 0) is 0 Å². The molecule has 0 saturated heterocycles. The lowest BCUT2D eigenvalue weighted by Crippen LogP contribution is -2.06. The first kappa shape index (κ1) is 14.6. The molecule has 2 aromatic heterocycles. The van der Waals surface area contributed by atoms with Crippen molar-refractivity contribution in [2.45, 2.75) is 13.3 Å². The second-order valence-corrected chi connectivity index (χ2v) is 4.40. The molecule has 2 N–H and O–H groups in total. The van der Waals surface area contributed by atoms with Gasteiger partial charge in [0.25, 0.3) is 0 Å². The van der Waals surface area contributed by atoms with Crippen LogP contribution in [0.3, 0.4) is 0 Å². The number of anilines is 1. The second kappa shape index (κ2) is 6.07. The van der Waals surface area contributed by atoms with E-state index in [9.17, 15) is 0 Å². The minimum absolute atomic E-state index is 0. The number of benzene rings is 1. The topological polar surface area (TPSA) is 71.2 Å². The van der Waals surface area contributed by atoms with Crippen molar-refractivity contribution in [2.75, 3.05) is 18.5 Å². The Morgan fingerprint density at radius 2 is 2.05 bits per heavy atom. The minimum atomic E-state index is 0. The SMILES string of the molecule is Cc1nc(NCCCO)c2oc3ccccc3c2n1.Cl. The fraction of sp³-hybridized carbons (Fsp3) is 0.286. The highest BCUT2D eigenvalue weighted by atomic mass is 35.5. The van der Waals surface area contributed by atoms with Gasteiger partial charge in [0.05, 0.1) is 0 Å². The normalized spacial score (nSPS) is 10.7. The molecule has 6 heteroatoms. The van der Waals surface area contributed by atoms with Crippen molar-refractivity contribution in [3.8, 4) is 0 Å². The molecule has 0 amide bonds. The van der Waals surface area contributed by atoms with Crippen LogP contribution in [0.5, 0.6) is 0 Å². The van der Waals surface area contributed by atoms with Crippen molar-refractivity contribution in [3.05, 3.63) is 30.1 Å². The number of aliphatic hydroxyl groups is 1. The van der Waals surface area contributed by atoms with E-state index in [4.69, 9.17) is 9.52 Å². The summed E-state index contributed by atoms with van der Waals surface area (Å²) in [4.78, 5) is 8.83. The first-order valence-electron chi connectivity index (χ1n) is 6.30. The minimum Gasteiger partial charge on any atom is -0.450 e. The zero-order chi connectivity index (χ0) is 13.2. The maximum atomic E-state index is 8.83. The van der Waals surface area contributed by atoms with Crippen LogP contribution in [0, 0.1) is 6.92 Å². The lowest BCUT2D eigenvalue weighted by atomic mass is 10.2. The number of hydrogen-bond acceptors (Lipinski definition) is 5. The van der Waals surface area contributed by atoms with Crippen LogP contribution in [0.15, 0.2) is 28.7 Å². The van der Waals surface area contributed by atoms with Gasteiger partial charge in [0.2, 0.25) is 0 Å². The number of para-hydroxylation sites is 1. The molecule has 0 aliphatic rings. The van der Waals surface area contributed by atoms with Gasteiger partial charge in [-0.25, -0.2) is 9.97 Å². The summed E-state index contributed by atoms with van der Waals surface area (Å²) in [5.41, 5.74) is 2.31. The Bertz CT molecular complexity index is 727. The molecule has 0 radical (unpaired) electrons. The van der Waals surface area contributed by atoms with Crippen molar-refractivity contribution in [1.82, 2.24) is 9.97 Å². The predicted octanol–water partition coefficient (Wildman–Crippen LogP) is 2.90. The van der Waals surface area contributed by atoms with Crippen LogP contribution >= 0.6 is 12.4 Å². The summed E-state index contributed by atoms with van der Waals surface area (Å²) in [5.74, 6) is 1.39. The van der Waals surface area contributed by atoms with E-state index in [1.165, 1.54) is 0 Å². The predicted molar refractivity (Wildman–Crippen MR) is 81.5 cm³/mol. The van der Waals surface area contributed by atoms with Gasteiger partial charge in [-0.05, 0) is 25.5 Å². The molecular weight excluding hydrogens is 278 g/mol. The molecule has 0 atom stereocenters. The van der Waals surface area contributed by atoms with E-state index in [1.54, 1.807) is 0 Å². The molecule has 0 fully saturated rings. The maximum Gasteiger partial charge on any atom is 0.196 e. The third-order valence-corrected chi connectivity index (χ3v) is 2.96. The smallest absolute Gasteiger partial charge is 0.196 e. The summed E-state index contributed by atoms with van der Waals surface area (Å²) >= 11 is 0. The standard InChI is InChI=1S/C14H15N3O2.ClH/c1-9-16-12-10-5-2-3-6-11(10)19-13(12)14(17-9)15-7-4-8-18;/h2-3,5-6,18H,4,7-8H2,1H3,(H,15,16,17);1H. The maximum absolute atomic E-state index is 8.83. The molecule has 3 aromatic rings. The first-order valence-corrected chi connectivity index (χ1v) is 6.30. The summed E-state index contributed by atoms with van der Waals surface area (Å²) in [6, 6.07) is 7.81. The third-order valence-electron chi connectivity index (χ3n) is 2.96. The molecule has 0 saturated carbocycles. The molecule has 0 unspecified atom stereocenters. The van der Waals surface area contributed by atoms with Crippen LogP contribution in [-0.4, -0.2) is 28.2 Å². The van der Waals surface area contributed by atoms with Crippen LogP contribution in [0.4, 0.5) is 5.82 Å². The van der Waals surface area contributed by atoms with Crippen molar-refractivity contribution < 1.29 is 9.52 Å². The van der Waals surface area contributed by atoms with Gasteiger partial charge in [0, 0.05) is 18.5 Å². The molecule has 0 bridgehead atoms. The fourth-order valence-corrected chi connectivity index (χ4v) is 2.11. The van der Waals surface area contributed by atoms with E-state index >= 15 is 0 Å². The number of aromatic nitrogens is 2. The van der Waals surface area contributed by atoms with Crippen molar-refractivity contribution >= 4 is 40.3 Å². The van der Waals surface area contributed by atoms with Gasteiger partial charge < -0.3 is 14.8 Å². The molecule has 0 aliphatic heterocycles. The fourth-order valence-electron chi connectivity index (χ4n) is 2.11. The lowest BCUT2D eigenvalue weighted by Gasteiger charge is -2.05. The molecule has 106 valence electrons. The van der Waals surface area contributed by atoms with Gasteiger partial charge in [-0.3, -0.25) is 0 Å². The Morgan fingerprint density at radius 1 is 1.25 bits per heavy atom. The quantitative estimate of drug-likeness (QED) is 0.724. The van der Waals surface area contributed by atoms with Crippen LogP contribution in [0.25, 0.3) is 22.1 Å². The molecule has 20 heavy (non-hydrogen) atoms. The molecule has 3 rings (SSSR count).